The zero-order valence-corrected chi connectivity index (χ0v) is 16.7. The molecule has 1 aliphatic heterocycles. The number of nitrogens with two attached hydrogens (primary N) is 1. The summed E-state index contributed by atoms with van der Waals surface area (Å²) < 4.78 is 14.6. The molecule has 1 atom stereocenters. The average Bonchev–Trinajstić information content (AvgIpc) is 3.13. The third kappa shape index (κ3) is 4.27. The fourth-order valence-electron chi connectivity index (χ4n) is 3.43. The number of carbonyl (C=O) groups excluding carboxylic acids is 1. The number of rotatable bonds is 5. The Morgan fingerprint density at radius 2 is 1.69 bits per heavy atom. The fourth-order valence-corrected chi connectivity index (χ4v) is 4.47. The van der Waals surface area contributed by atoms with Gasteiger partial charge in [0.2, 0.25) is 11.1 Å². The Kier molecular flexibility index (Phi) is 5.80. The van der Waals surface area contributed by atoms with Crippen LogP contribution in [0.15, 0.2) is 59.8 Å². The highest BCUT2D eigenvalue weighted by Crippen LogP contribution is 2.37. The second-order valence-electron chi connectivity index (χ2n) is 6.98. The van der Waals surface area contributed by atoms with Gasteiger partial charge in [-0.3, -0.25) is 4.79 Å². The van der Waals surface area contributed by atoms with Crippen LogP contribution in [0.5, 0.6) is 0 Å². The van der Waals surface area contributed by atoms with Gasteiger partial charge in [-0.2, -0.15) is 0 Å². The second kappa shape index (κ2) is 8.65. The number of hydrogen-bond acceptors (Lipinski definition) is 5. The minimum absolute atomic E-state index is 0.0623. The Morgan fingerprint density at radius 3 is 2.38 bits per heavy atom. The van der Waals surface area contributed by atoms with E-state index in [4.69, 9.17) is 5.84 Å². The maximum absolute atomic E-state index is 13.3. The summed E-state index contributed by atoms with van der Waals surface area (Å²) in [5.74, 6) is 6.38. The van der Waals surface area contributed by atoms with Gasteiger partial charge in [-0.05, 0) is 49.1 Å². The Hall–Kier alpha value is -2.87. The van der Waals surface area contributed by atoms with E-state index in [1.807, 2.05) is 35.2 Å². The molecule has 1 aliphatic rings. The van der Waals surface area contributed by atoms with Gasteiger partial charge in [-0.25, -0.2) is 9.07 Å². The third-order valence-corrected chi connectivity index (χ3v) is 6.18. The lowest BCUT2D eigenvalue weighted by molar-refractivity contribution is -0.131. The molecule has 0 unspecified atom stereocenters. The van der Waals surface area contributed by atoms with E-state index in [1.165, 1.54) is 28.6 Å². The number of amides is 1. The molecule has 2 heterocycles. The van der Waals surface area contributed by atoms with Crippen molar-refractivity contribution < 1.29 is 9.18 Å². The summed E-state index contributed by atoms with van der Waals surface area (Å²) in [6.45, 7) is 1.55. The van der Waals surface area contributed by atoms with Crippen LogP contribution in [0.1, 0.15) is 30.1 Å². The van der Waals surface area contributed by atoms with Crippen LogP contribution in [0.3, 0.4) is 0 Å². The number of likely N-dealkylation sites (tertiary alicyclic amines) is 1. The molecule has 1 fully saturated rings. The topological polar surface area (TPSA) is 77.0 Å². The van der Waals surface area contributed by atoms with Crippen LogP contribution in [0.25, 0.3) is 11.4 Å². The Labute approximate surface area is 172 Å². The summed E-state index contributed by atoms with van der Waals surface area (Å²) in [5.41, 5.74) is 1.56. The number of nitrogens with zero attached hydrogens (tertiary/aromatic N) is 4. The molecule has 4 rings (SSSR count). The molecular weight excluding hydrogens is 389 g/mol. The highest BCUT2D eigenvalue weighted by atomic mass is 32.2. The van der Waals surface area contributed by atoms with E-state index in [9.17, 15) is 9.18 Å². The first-order valence-electron chi connectivity index (χ1n) is 9.60. The molecular formula is C21H22FN5OS. The smallest absolute Gasteiger partial charge is 0.240 e. The van der Waals surface area contributed by atoms with Crippen molar-refractivity contribution >= 4 is 17.7 Å². The van der Waals surface area contributed by atoms with Crippen LogP contribution in [0.4, 0.5) is 4.39 Å². The molecule has 1 aromatic heterocycles. The molecule has 0 bridgehead atoms. The molecule has 150 valence electrons. The summed E-state index contributed by atoms with van der Waals surface area (Å²) >= 11 is 1.29. The molecule has 0 spiro atoms. The van der Waals surface area contributed by atoms with Gasteiger partial charge in [-0.1, -0.05) is 42.1 Å². The van der Waals surface area contributed by atoms with Crippen LogP contribution in [-0.4, -0.2) is 38.8 Å². The molecule has 29 heavy (non-hydrogen) atoms. The van der Waals surface area contributed by atoms with Gasteiger partial charge in [0.25, 0.3) is 0 Å². The quantitative estimate of drug-likeness (QED) is 0.512. The van der Waals surface area contributed by atoms with E-state index in [1.54, 1.807) is 12.1 Å². The lowest BCUT2D eigenvalue weighted by Gasteiger charge is -2.30. The summed E-state index contributed by atoms with van der Waals surface area (Å²) in [6.07, 6.45) is 3.21. The van der Waals surface area contributed by atoms with Crippen molar-refractivity contribution in [3.05, 3.63) is 66.0 Å². The van der Waals surface area contributed by atoms with Crippen LogP contribution < -0.4 is 5.84 Å². The predicted molar refractivity (Wildman–Crippen MR) is 111 cm³/mol. The Bertz CT molecular complexity index is 970. The fraction of sp³-hybridized carbons (Fsp3) is 0.286. The van der Waals surface area contributed by atoms with Crippen molar-refractivity contribution in [1.29, 1.82) is 0 Å². The number of benzene rings is 2. The molecule has 6 nitrogen and oxygen atoms in total. The number of halogens is 1. The summed E-state index contributed by atoms with van der Waals surface area (Å²) in [5, 5.41) is 8.33. The van der Waals surface area contributed by atoms with Crippen LogP contribution in [0, 0.1) is 5.82 Å². The van der Waals surface area contributed by atoms with Crippen LogP contribution >= 0.6 is 11.8 Å². The molecule has 0 saturated carbocycles. The van der Waals surface area contributed by atoms with E-state index in [-0.39, 0.29) is 11.7 Å². The molecule has 1 saturated heterocycles. The highest BCUT2D eigenvalue weighted by Gasteiger charge is 2.30. The molecule has 0 aliphatic carbocycles. The molecule has 1 amide bonds. The first kappa shape index (κ1) is 19.4. The first-order valence-corrected chi connectivity index (χ1v) is 10.5. The monoisotopic (exact) mass is 411 g/mol. The average molecular weight is 412 g/mol. The number of hydrogen-bond donors (Lipinski definition) is 1. The number of aromatic nitrogens is 3. The number of piperidine rings is 1. The number of carbonyl (C=O) groups is 1. The van der Waals surface area contributed by atoms with E-state index < -0.39 is 5.25 Å². The summed E-state index contributed by atoms with van der Waals surface area (Å²) in [6, 6.07) is 15.6. The molecule has 3 aromatic rings. The largest absolute Gasteiger partial charge is 0.341 e. The standard InChI is InChI=1S/C21H22FN5OS/c22-17-11-9-16(10-12-17)19-24-25-21(27(19)23)29-18(15-7-3-1-4-8-15)20(28)26-13-5-2-6-14-26/h1,3-4,7-12,18H,2,5-6,13-14,23H2/t18-/m0/s1. The van der Waals surface area contributed by atoms with E-state index in [0.717, 1.165) is 37.9 Å². The van der Waals surface area contributed by atoms with Gasteiger partial charge < -0.3 is 10.7 Å². The van der Waals surface area contributed by atoms with Crippen molar-refractivity contribution in [2.45, 2.75) is 29.7 Å². The third-order valence-electron chi connectivity index (χ3n) is 4.98. The zero-order valence-electron chi connectivity index (χ0n) is 15.9. The van der Waals surface area contributed by atoms with Gasteiger partial charge in [0, 0.05) is 18.7 Å². The van der Waals surface area contributed by atoms with Crippen molar-refractivity contribution in [1.82, 2.24) is 19.8 Å². The van der Waals surface area contributed by atoms with Crippen molar-refractivity contribution in [2.24, 2.45) is 0 Å². The zero-order chi connectivity index (χ0) is 20.2. The maximum Gasteiger partial charge on any atom is 0.240 e. The van der Waals surface area contributed by atoms with Gasteiger partial charge in [0.15, 0.2) is 5.82 Å². The summed E-state index contributed by atoms with van der Waals surface area (Å²) in [7, 11) is 0. The molecule has 0 radical (unpaired) electrons. The predicted octanol–water partition coefficient (Wildman–Crippen LogP) is 3.64. The Morgan fingerprint density at radius 1 is 1.00 bits per heavy atom. The van der Waals surface area contributed by atoms with Crippen molar-refractivity contribution in [2.75, 3.05) is 18.9 Å². The SMILES string of the molecule is Nn1c(S[C@H](C(=O)N2CCCCC2)c2ccccc2)nnc1-c1ccc(F)cc1. The lowest BCUT2D eigenvalue weighted by Crippen LogP contribution is -2.38. The van der Waals surface area contributed by atoms with E-state index in [0.29, 0.717) is 16.5 Å². The lowest BCUT2D eigenvalue weighted by atomic mass is 10.1. The van der Waals surface area contributed by atoms with Crippen molar-refractivity contribution in [3.8, 4) is 11.4 Å². The first-order chi connectivity index (χ1) is 14.1. The molecule has 2 N–H and O–H groups in total. The molecule has 8 heteroatoms. The maximum atomic E-state index is 13.3. The highest BCUT2D eigenvalue weighted by molar-refractivity contribution is 8.00. The van der Waals surface area contributed by atoms with Gasteiger partial charge in [-0.15, -0.1) is 10.2 Å². The van der Waals surface area contributed by atoms with Gasteiger partial charge in [0.05, 0.1) is 0 Å². The molecule has 2 aromatic carbocycles. The number of nitrogen functional groups attached to an aromatic ring is 1. The van der Waals surface area contributed by atoms with Crippen LogP contribution in [-0.2, 0) is 4.79 Å². The number of thioether (sulfide) groups is 1. The van der Waals surface area contributed by atoms with Crippen LogP contribution in [0.2, 0.25) is 0 Å². The van der Waals surface area contributed by atoms with Crippen molar-refractivity contribution in [3.63, 3.8) is 0 Å². The van der Waals surface area contributed by atoms with Gasteiger partial charge >= 0.3 is 0 Å². The van der Waals surface area contributed by atoms with E-state index in [2.05, 4.69) is 10.2 Å². The minimum atomic E-state index is -0.457. The van der Waals surface area contributed by atoms with Gasteiger partial charge in [0.1, 0.15) is 11.1 Å². The normalized spacial score (nSPS) is 15.3. The Balaban J connectivity index is 1.62. The second-order valence-corrected chi connectivity index (χ2v) is 8.05. The van der Waals surface area contributed by atoms with E-state index >= 15 is 0 Å². The minimum Gasteiger partial charge on any atom is -0.341 e. The summed E-state index contributed by atoms with van der Waals surface area (Å²) in [4.78, 5) is 15.2.